The molecule has 0 bridgehead atoms. The van der Waals surface area contributed by atoms with Crippen molar-refractivity contribution in [3.05, 3.63) is 11.6 Å². The van der Waals surface area contributed by atoms with Gasteiger partial charge in [0.2, 0.25) is 0 Å². The van der Waals surface area contributed by atoms with E-state index in [0.717, 1.165) is 29.6 Å². The third-order valence-corrected chi connectivity index (χ3v) is 11.4. The first-order valence-electron chi connectivity index (χ1n) is 13.7. The van der Waals surface area contributed by atoms with Gasteiger partial charge in [0.05, 0.1) is 0 Å². The lowest BCUT2D eigenvalue weighted by atomic mass is 9.48. The molecule has 4 aliphatic rings. The maximum atomic E-state index is 9.62. The number of hydrogen-bond acceptors (Lipinski definition) is 1. The minimum Gasteiger partial charge on any atom is -0.396 e. The third kappa shape index (κ3) is 3.74. The summed E-state index contributed by atoms with van der Waals surface area (Å²) in [5.41, 5.74) is 3.09. The smallest absolute Gasteiger partial charge is 0.0459 e. The molecule has 4 aliphatic carbocycles. The number of hydrogen-bond donors (Lipinski definition) is 1. The summed E-state index contributed by atoms with van der Waals surface area (Å²) >= 11 is 0. The second kappa shape index (κ2) is 8.92. The predicted molar refractivity (Wildman–Crippen MR) is 128 cm³/mol. The van der Waals surface area contributed by atoms with Crippen LogP contribution in [0.5, 0.6) is 0 Å². The molecule has 0 saturated heterocycles. The number of rotatable bonds is 7. The molecule has 9 atom stereocenters. The maximum absolute atomic E-state index is 9.62. The van der Waals surface area contributed by atoms with E-state index in [9.17, 15) is 5.11 Å². The van der Waals surface area contributed by atoms with E-state index in [1.54, 1.807) is 0 Å². The molecule has 0 heterocycles. The van der Waals surface area contributed by atoms with Gasteiger partial charge >= 0.3 is 0 Å². The van der Waals surface area contributed by atoms with Crippen LogP contribution in [0.1, 0.15) is 112 Å². The van der Waals surface area contributed by atoms with Crippen LogP contribution in [0.25, 0.3) is 0 Å². The van der Waals surface area contributed by atoms with Gasteiger partial charge in [0, 0.05) is 6.61 Å². The lowest BCUT2D eigenvalue weighted by molar-refractivity contribution is -0.00843. The molecule has 0 radical (unpaired) electrons. The van der Waals surface area contributed by atoms with Crippen LogP contribution in [0.2, 0.25) is 0 Å². The Morgan fingerprint density at radius 3 is 2.47 bits per heavy atom. The lowest BCUT2D eigenvalue weighted by Crippen LogP contribution is -2.48. The second-order valence-corrected chi connectivity index (χ2v) is 12.6. The van der Waals surface area contributed by atoms with Gasteiger partial charge in [0.15, 0.2) is 0 Å². The van der Waals surface area contributed by atoms with Crippen LogP contribution >= 0.6 is 0 Å². The predicted octanol–water partition coefficient (Wildman–Crippen LogP) is 8.03. The minimum atomic E-state index is 0.353. The van der Waals surface area contributed by atoms with Crippen LogP contribution in [0.3, 0.4) is 0 Å². The summed E-state index contributed by atoms with van der Waals surface area (Å²) in [4.78, 5) is 0. The highest BCUT2D eigenvalue weighted by Crippen LogP contribution is 2.67. The van der Waals surface area contributed by atoms with E-state index in [-0.39, 0.29) is 0 Å². The topological polar surface area (TPSA) is 20.2 Å². The van der Waals surface area contributed by atoms with E-state index in [1.165, 1.54) is 77.0 Å². The Balaban J connectivity index is 1.46. The zero-order chi connectivity index (χ0) is 21.5. The standard InChI is InChI=1S/C29H50O/c1-6-22(21(3)19-30)11-10-20(2)25-14-15-26-24-13-12-23-9-7-8-17-28(23,4)27(24)16-18-29(25,26)5/h13,20-23,25-27,30H,6-12,14-19H2,1-5H3/t20-,21?,22?,23?,25-,26+,27+,28+,29-/m1/s1. The van der Waals surface area contributed by atoms with Gasteiger partial charge in [-0.25, -0.2) is 0 Å². The number of allylic oxidation sites excluding steroid dienone is 2. The van der Waals surface area contributed by atoms with Crippen molar-refractivity contribution in [1.82, 2.24) is 0 Å². The fourth-order valence-electron chi connectivity index (χ4n) is 9.24. The molecule has 3 fully saturated rings. The highest BCUT2D eigenvalue weighted by Gasteiger charge is 2.57. The normalized spacial score (nSPS) is 43.7. The van der Waals surface area contributed by atoms with E-state index < -0.39 is 0 Å². The molecule has 0 amide bonds. The number of aliphatic hydroxyl groups excluding tert-OH is 1. The van der Waals surface area contributed by atoms with Crippen LogP contribution < -0.4 is 0 Å². The summed E-state index contributed by atoms with van der Waals surface area (Å²) in [5.74, 6) is 5.64. The van der Waals surface area contributed by atoms with Crippen molar-refractivity contribution in [2.75, 3.05) is 6.61 Å². The van der Waals surface area contributed by atoms with Gasteiger partial charge in [-0.2, -0.15) is 0 Å². The zero-order valence-corrected chi connectivity index (χ0v) is 20.8. The van der Waals surface area contributed by atoms with E-state index >= 15 is 0 Å². The molecule has 172 valence electrons. The molecule has 4 rings (SSSR count). The van der Waals surface area contributed by atoms with Crippen LogP contribution in [-0.2, 0) is 0 Å². The van der Waals surface area contributed by atoms with Gasteiger partial charge in [-0.15, -0.1) is 0 Å². The molecule has 1 heteroatoms. The molecular formula is C29H50O. The molecule has 1 nitrogen and oxygen atoms in total. The number of fused-ring (bicyclic) bond motifs is 5. The summed E-state index contributed by atoms with van der Waals surface area (Å²) in [5, 5.41) is 9.62. The van der Waals surface area contributed by atoms with Crippen molar-refractivity contribution in [3.63, 3.8) is 0 Å². The Kier molecular flexibility index (Phi) is 6.80. The summed E-state index contributed by atoms with van der Waals surface area (Å²) < 4.78 is 0. The van der Waals surface area contributed by atoms with Gasteiger partial charge in [-0.3, -0.25) is 0 Å². The first kappa shape index (κ1) is 22.9. The van der Waals surface area contributed by atoms with Gasteiger partial charge in [-0.05, 0) is 104 Å². The van der Waals surface area contributed by atoms with Crippen LogP contribution in [0.15, 0.2) is 11.6 Å². The summed E-state index contributed by atoms with van der Waals surface area (Å²) in [6.07, 6.45) is 19.8. The van der Waals surface area contributed by atoms with Crippen LogP contribution in [-0.4, -0.2) is 11.7 Å². The van der Waals surface area contributed by atoms with Gasteiger partial charge < -0.3 is 5.11 Å². The van der Waals surface area contributed by atoms with Crippen molar-refractivity contribution in [1.29, 1.82) is 0 Å². The Labute approximate surface area is 187 Å². The quantitative estimate of drug-likeness (QED) is 0.418. The van der Waals surface area contributed by atoms with E-state index in [2.05, 4.69) is 40.7 Å². The number of aliphatic hydroxyl groups is 1. The van der Waals surface area contributed by atoms with E-state index in [1.807, 2.05) is 5.57 Å². The fourth-order valence-corrected chi connectivity index (χ4v) is 9.24. The minimum absolute atomic E-state index is 0.353. The van der Waals surface area contributed by atoms with Crippen LogP contribution in [0, 0.1) is 52.3 Å². The Bertz CT molecular complexity index is 622. The zero-order valence-electron chi connectivity index (χ0n) is 20.8. The van der Waals surface area contributed by atoms with Crippen molar-refractivity contribution in [2.24, 2.45) is 52.3 Å². The van der Waals surface area contributed by atoms with Gasteiger partial charge in [-0.1, -0.05) is 72.0 Å². The summed E-state index contributed by atoms with van der Waals surface area (Å²) in [6, 6.07) is 0. The van der Waals surface area contributed by atoms with Crippen LogP contribution in [0.4, 0.5) is 0 Å². The Morgan fingerprint density at radius 2 is 1.73 bits per heavy atom. The molecule has 0 aliphatic heterocycles. The van der Waals surface area contributed by atoms with Gasteiger partial charge in [0.25, 0.3) is 0 Å². The van der Waals surface area contributed by atoms with Crippen molar-refractivity contribution >= 4 is 0 Å². The third-order valence-electron chi connectivity index (χ3n) is 11.4. The molecule has 0 spiro atoms. The lowest BCUT2D eigenvalue weighted by Gasteiger charge is -2.57. The van der Waals surface area contributed by atoms with Crippen molar-refractivity contribution < 1.29 is 5.11 Å². The molecule has 1 N–H and O–H groups in total. The first-order valence-corrected chi connectivity index (χ1v) is 13.7. The maximum Gasteiger partial charge on any atom is 0.0459 e. The van der Waals surface area contributed by atoms with Gasteiger partial charge in [0.1, 0.15) is 0 Å². The molecule has 3 saturated carbocycles. The van der Waals surface area contributed by atoms with E-state index in [4.69, 9.17) is 0 Å². The summed E-state index contributed by atoms with van der Waals surface area (Å²) in [7, 11) is 0. The average Bonchev–Trinajstić information content (AvgIpc) is 3.10. The monoisotopic (exact) mass is 414 g/mol. The molecule has 0 aromatic heterocycles. The van der Waals surface area contributed by atoms with Crippen molar-refractivity contribution in [2.45, 2.75) is 112 Å². The largest absolute Gasteiger partial charge is 0.396 e. The summed E-state index contributed by atoms with van der Waals surface area (Å²) in [6.45, 7) is 12.8. The second-order valence-electron chi connectivity index (χ2n) is 12.6. The SMILES string of the molecule is CCC(CC[C@@H](C)[C@H]1CC[C@H]2C3=CCC4CCCC[C@]4(C)[C@H]3CC[C@]12C)C(C)CO. The molecule has 30 heavy (non-hydrogen) atoms. The highest BCUT2D eigenvalue weighted by molar-refractivity contribution is 5.27. The molecule has 0 aromatic carbocycles. The fraction of sp³-hybridized carbons (Fsp3) is 0.931. The average molecular weight is 415 g/mol. The molecule has 3 unspecified atom stereocenters. The Hall–Kier alpha value is -0.300. The molecular weight excluding hydrogens is 364 g/mol. The van der Waals surface area contributed by atoms with E-state index in [0.29, 0.717) is 29.3 Å². The Morgan fingerprint density at radius 1 is 0.967 bits per heavy atom. The molecule has 0 aromatic rings. The highest BCUT2D eigenvalue weighted by atomic mass is 16.3. The first-order chi connectivity index (χ1) is 14.3. The van der Waals surface area contributed by atoms with Crippen molar-refractivity contribution in [3.8, 4) is 0 Å².